The van der Waals surface area contributed by atoms with Crippen molar-refractivity contribution < 1.29 is 9.59 Å². The number of piperazine rings is 1. The normalized spacial score (nSPS) is 14.9. The van der Waals surface area contributed by atoms with E-state index in [0.29, 0.717) is 51.4 Å². The molecule has 10 heteroatoms. The van der Waals surface area contributed by atoms with Gasteiger partial charge in [0.1, 0.15) is 0 Å². The van der Waals surface area contributed by atoms with Crippen LogP contribution in [0.1, 0.15) is 63.0 Å². The van der Waals surface area contributed by atoms with E-state index >= 15 is 0 Å². The lowest BCUT2D eigenvalue weighted by Crippen LogP contribution is -2.51. The molecule has 10 nitrogen and oxygen atoms in total. The van der Waals surface area contributed by atoms with Crippen LogP contribution >= 0.6 is 0 Å². The molecule has 0 unspecified atom stereocenters. The highest BCUT2D eigenvalue weighted by molar-refractivity contribution is 6.05. The molecule has 0 aromatic carbocycles. The number of aromatic amines is 1. The van der Waals surface area contributed by atoms with Crippen LogP contribution in [0, 0.1) is 0 Å². The third-order valence-electron chi connectivity index (χ3n) is 5.71. The minimum atomic E-state index is -0.600. The highest BCUT2D eigenvalue weighted by Crippen LogP contribution is 2.21. The van der Waals surface area contributed by atoms with Crippen molar-refractivity contribution in [1.82, 2.24) is 29.7 Å². The van der Waals surface area contributed by atoms with Gasteiger partial charge in [0, 0.05) is 44.5 Å². The Morgan fingerprint density at radius 3 is 2.36 bits per heavy atom. The van der Waals surface area contributed by atoms with Crippen molar-refractivity contribution in [1.29, 1.82) is 0 Å². The lowest BCUT2D eigenvalue weighted by Gasteiger charge is -2.34. The summed E-state index contributed by atoms with van der Waals surface area (Å²) in [5.74, 6) is -0.281. The first-order valence-corrected chi connectivity index (χ1v) is 11.6. The first kappa shape index (κ1) is 24.6. The number of nitrogens with one attached hydrogen (secondary N) is 2. The zero-order valence-electron chi connectivity index (χ0n) is 20.1. The topological polar surface area (TPSA) is 120 Å². The van der Waals surface area contributed by atoms with Crippen LogP contribution in [0.4, 0.5) is 0 Å². The standard InChI is InChI=1S/C23H34N6O4/c1-6-7-29-20-19(21(31)26-23(29)33)16(12-17(25-20)14(2)3)22(32)28-10-8-27(9-11-28)13-18(30)24-15(4)5/h12,14-15H,6-11,13H2,1-5H3,(H,24,30)(H,26,31,33). The Balaban J connectivity index is 1.93. The number of nitrogens with zero attached hydrogens (tertiary/aromatic N) is 4. The molecule has 3 rings (SSSR count). The third kappa shape index (κ3) is 5.50. The molecule has 180 valence electrons. The molecule has 1 aliphatic rings. The van der Waals surface area contributed by atoms with Crippen LogP contribution in [0.5, 0.6) is 0 Å². The fourth-order valence-corrected chi connectivity index (χ4v) is 4.04. The molecular weight excluding hydrogens is 424 g/mol. The first-order valence-electron chi connectivity index (χ1n) is 11.6. The number of pyridine rings is 1. The maximum Gasteiger partial charge on any atom is 0.329 e. The van der Waals surface area contributed by atoms with E-state index in [0.717, 1.165) is 0 Å². The first-order chi connectivity index (χ1) is 15.6. The SMILES string of the molecule is CCCn1c(=O)[nH]c(=O)c2c(C(=O)N3CCN(CC(=O)NC(C)C)CC3)cc(C(C)C)nc21. The Morgan fingerprint density at radius 2 is 1.79 bits per heavy atom. The van der Waals surface area contributed by atoms with E-state index in [1.165, 1.54) is 4.57 Å². The molecule has 2 N–H and O–H groups in total. The average Bonchev–Trinajstić information content (AvgIpc) is 2.75. The van der Waals surface area contributed by atoms with E-state index in [1.54, 1.807) is 11.0 Å². The van der Waals surface area contributed by atoms with E-state index in [4.69, 9.17) is 0 Å². The lowest BCUT2D eigenvalue weighted by atomic mass is 10.0. The van der Waals surface area contributed by atoms with Crippen LogP contribution in [-0.2, 0) is 11.3 Å². The Labute approximate surface area is 193 Å². The monoisotopic (exact) mass is 458 g/mol. The molecule has 1 saturated heterocycles. The molecule has 0 spiro atoms. The number of carbonyl (C=O) groups excluding carboxylic acids is 2. The molecule has 33 heavy (non-hydrogen) atoms. The Morgan fingerprint density at radius 1 is 1.12 bits per heavy atom. The molecule has 0 radical (unpaired) electrons. The summed E-state index contributed by atoms with van der Waals surface area (Å²) in [4.78, 5) is 61.4. The van der Waals surface area contributed by atoms with Crippen LogP contribution < -0.4 is 16.6 Å². The number of aromatic nitrogens is 3. The average molecular weight is 459 g/mol. The maximum absolute atomic E-state index is 13.5. The second kappa shape index (κ2) is 10.3. The summed E-state index contributed by atoms with van der Waals surface area (Å²) in [5.41, 5.74) is 0.0570. The van der Waals surface area contributed by atoms with Crippen molar-refractivity contribution in [3.05, 3.63) is 38.2 Å². The Hall–Kier alpha value is -3.01. The molecule has 2 aromatic rings. The molecule has 1 fully saturated rings. The quantitative estimate of drug-likeness (QED) is 0.636. The van der Waals surface area contributed by atoms with Crippen LogP contribution in [-0.4, -0.2) is 74.9 Å². The number of fused-ring (bicyclic) bond motifs is 1. The van der Waals surface area contributed by atoms with E-state index < -0.39 is 11.2 Å². The second-order valence-electron chi connectivity index (χ2n) is 9.15. The van der Waals surface area contributed by atoms with E-state index in [-0.39, 0.29) is 40.4 Å². The zero-order chi connectivity index (χ0) is 24.3. The lowest BCUT2D eigenvalue weighted by molar-refractivity contribution is -0.123. The van der Waals surface area contributed by atoms with E-state index in [2.05, 4.69) is 15.3 Å². The predicted molar refractivity (Wildman–Crippen MR) is 127 cm³/mol. The van der Waals surface area contributed by atoms with Crippen LogP contribution in [0.15, 0.2) is 15.7 Å². The smallest absolute Gasteiger partial charge is 0.329 e. The molecule has 2 amide bonds. The van der Waals surface area contributed by atoms with Gasteiger partial charge in [0.15, 0.2) is 5.65 Å². The van der Waals surface area contributed by atoms with Gasteiger partial charge < -0.3 is 10.2 Å². The van der Waals surface area contributed by atoms with Crippen molar-refractivity contribution in [3.63, 3.8) is 0 Å². The fraction of sp³-hybridized carbons (Fsp3) is 0.609. The van der Waals surface area contributed by atoms with Crippen LogP contribution in [0.25, 0.3) is 11.0 Å². The number of aryl methyl sites for hydroxylation is 1. The number of rotatable bonds is 7. The molecule has 3 heterocycles. The third-order valence-corrected chi connectivity index (χ3v) is 5.71. The summed E-state index contributed by atoms with van der Waals surface area (Å²) in [6.07, 6.45) is 0.685. The van der Waals surface area contributed by atoms with E-state index in [9.17, 15) is 19.2 Å². The van der Waals surface area contributed by atoms with Crippen LogP contribution in [0.2, 0.25) is 0 Å². The van der Waals surface area contributed by atoms with Crippen molar-refractivity contribution in [2.75, 3.05) is 32.7 Å². The van der Waals surface area contributed by atoms with Crippen molar-refractivity contribution in [3.8, 4) is 0 Å². The van der Waals surface area contributed by atoms with E-state index in [1.807, 2.05) is 39.5 Å². The van der Waals surface area contributed by atoms with Gasteiger partial charge in [-0.25, -0.2) is 9.78 Å². The van der Waals surface area contributed by atoms with Gasteiger partial charge in [-0.05, 0) is 32.3 Å². The summed E-state index contributed by atoms with van der Waals surface area (Å²) >= 11 is 0. The van der Waals surface area contributed by atoms with Gasteiger partial charge in [-0.1, -0.05) is 20.8 Å². The molecular formula is C23H34N6O4. The molecule has 2 aromatic heterocycles. The highest BCUT2D eigenvalue weighted by Gasteiger charge is 2.27. The molecule has 0 saturated carbocycles. The van der Waals surface area contributed by atoms with Gasteiger partial charge in [0.25, 0.3) is 11.5 Å². The minimum absolute atomic E-state index is 0.0155. The maximum atomic E-state index is 13.5. The van der Waals surface area contributed by atoms with Crippen molar-refractivity contribution >= 4 is 22.8 Å². The Bertz CT molecular complexity index is 1140. The summed E-state index contributed by atoms with van der Waals surface area (Å²) in [7, 11) is 0. The molecule has 0 bridgehead atoms. The van der Waals surface area contributed by atoms with Gasteiger partial charge in [-0.3, -0.25) is 28.8 Å². The zero-order valence-corrected chi connectivity index (χ0v) is 20.1. The van der Waals surface area contributed by atoms with Gasteiger partial charge in [0.05, 0.1) is 17.5 Å². The largest absolute Gasteiger partial charge is 0.353 e. The fourth-order valence-electron chi connectivity index (χ4n) is 4.04. The van der Waals surface area contributed by atoms with Gasteiger partial charge in [-0.2, -0.15) is 0 Å². The number of carbonyl (C=O) groups is 2. The molecule has 1 aliphatic heterocycles. The summed E-state index contributed by atoms with van der Waals surface area (Å²) in [6.45, 7) is 12.4. The van der Waals surface area contributed by atoms with Gasteiger partial charge in [0.2, 0.25) is 5.91 Å². The molecule has 0 aliphatic carbocycles. The number of amides is 2. The molecule has 0 atom stereocenters. The number of hydrogen-bond acceptors (Lipinski definition) is 6. The number of H-pyrrole nitrogens is 1. The van der Waals surface area contributed by atoms with Crippen LogP contribution in [0.3, 0.4) is 0 Å². The summed E-state index contributed by atoms with van der Waals surface area (Å²) < 4.78 is 1.44. The van der Waals surface area contributed by atoms with Gasteiger partial charge >= 0.3 is 5.69 Å². The minimum Gasteiger partial charge on any atom is -0.353 e. The Kier molecular flexibility index (Phi) is 7.68. The summed E-state index contributed by atoms with van der Waals surface area (Å²) in [5, 5.41) is 3.03. The van der Waals surface area contributed by atoms with Crippen molar-refractivity contribution in [2.24, 2.45) is 0 Å². The number of hydrogen-bond donors (Lipinski definition) is 2. The summed E-state index contributed by atoms with van der Waals surface area (Å²) in [6, 6.07) is 1.76. The highest BCUT2D eigenvalue weighted by atomic mass is 16.2. The van der Waals surface area contributed by atoms with Crippen molar-refractivity contribution in [2.45, 2.75) is 59.5 Å². The second-order valence-corrected chi connectivity index (χ2v) is 9.15. The predicted octanol–water partition coefficient (Wildman–Crippen LogP) is 0.901. The van der Waals surface area contributed by atoms with Gasteiger partial charge in [-0.15, -0.1) is 0 Å².